The third-order valence-electron chi connectivity index (χ3n) is 3.88. The Morgan fingerprint density at radius 1 is 1.31 bits per heavy atom. The van der Waals surface area contributed by atoms with Crippen molar-refractivity contribution in [1.29, 1.82) is 0 Å². The van der Waals surface area contributed by atoms with Crippen LogP contribution in [-0.2, 0) is 0 Å². The van der Waals surface area contributed by atoms with Gasteiger partial charge in [-0.1, -0.05) is 36.4 Å². The molecule has 0 saturated carbocycles. The number of carbonyl (C=O) groups is 1. The number of aromatic carboxylic acids is 1. The van der Waals surface area contributed by atoms with Crippen LogP contribution in [0, 0.1) is 0 Å². The number of methoxy groups -OCH3 is 1. The number of carboxylic acid groups (broad SMARTS) is 1. The molecule has 0 bridgehead atoms. The number of hydrogen-bond donors (Lipinski definition) is 2. The molecule has 0 amide bonds. The van der Waals surface area contributed by atoms with E-state index < -0.39 is 5.97 Å². The largest absolute Gasteiger partial charge is 0.496 e. The van der Waals surface area contributed by atoms with Gasteiger partial charge in [0.05, 0.1) is 34.0 Å². The van der Waals surface area contributed by atoms with E-state index in [1.165, 1.54) is 16.8 Å². The van der Waals surface area contributed by atoms with E-state index in [1.807, 2.05) is 18.2 Å². The lowest BCUT2D eigenvalue weighted by Gasteiger charge is -2.04. The molecule has 0 aliphatic rings. The van der Waals surface area contributed by atoms with Crippen molar-refractivity contribution in [2.24, 2.45) is 0 Å². The molecule has 6 nitrogen and oxygen atoms in total. The highest BCUT2D eigenvalue weighted by Gasteiger charge is 2.12. The summed E-state index contributed by atoms with van der Waals surface area (Å²) < 4.78 is 6.52. The van der Waals surface area contributed by atoms with Gasteiger partial charge in [-0.15, -0.1) is 0 Å². The van der Waals surface area contributed by atoms with Crippen LogP contribution in [-0.4, -0.2) is 28.0 Å². The molecule has 3 rings (SSSR count). The molecule has 0 spiro atoms. The summed E-state index contributed by atoms with van der Waals surface area (Å²) in [5.74, 6) is -0.550. The van der Waals surface area contributed by atoms with Crippen LogP contribution < -0.4 is 20.9 Å². The fraction of sp³-hybridized carbons (Fsp3) is 0.0526. The van der Waals surface area contributed by atoms with Crippen molar-refractivity contribution >= 4 is 30.2 Å². The second kappa shape index (κ2) is 6.93. The average molecular weight is 371 g/mol. The van der Waals surface area contributed by atoms with Gasteiger partial charge in [-0.2, -0.15) is 0 Å². The molecule has 0 unspecified atom stereocenters. The summed E-state index contributed by atoms with van der Waals surface area (Å²) in [6, 6.07) is 11.6. The lowest BCUT2D eigenvalue weighted by molar-refractivity contribution is 0.0697. The first-order chi connectivity index (χ1) is 12.4. The van der Waals surface area contributed by atoms with E-state index >= 15 is 0 Å². The molecule has 0 radical (unpaired) electrons. The van der Waals surface area contributed by atoms with Gasteiger partial charge in [-0.05, 0) is 30.3 Å². The fourth-order valence-electron chi connectivity index (χ4n) is 2.58. The Morgan fingerprint density at radius 3 is 2.73 bits per heavy atom. The molecule has 132 valence electrons. The van der Waals surface area contributed by atoms with Gasteiger partial charge < -0.3 is 9.84 Å². The van der Waals surface area contributed by atoms with Crippen molar-refractivity contribution < 1.29 is 14.6 Å². The highest BCUT2D eigenvalue weighted by Crippen LogP contribution is 2.19. The first-order valence-electron chi connectivity index (χ1n) is 7.60. The minimum atomic E-state index is -1.17. The molecule has 26 heavy (non-hydrogen) atoms. The molecule has 0 aliphatic heterocycles. The molecule has 3 aromatic rings. The third-order valence-corrected chi connectivity index (χ3v) is 4.21. The summed E-state index contributed by atoms with van der Waals surface area (Å²) in [6.07, 6.45) is 1.67. The zero-order valence-corrected chi connectivity index (χ0v) is 14.6. The number of hydrogen-bond acceptors (Lipinski definition) is 3. The number of aromatic nitrogens is 2. The molecule has 7 heteroatoms. The van der Waals surface area contributed by atoms with Gasteiger partial charge in [0, 0.05) is 5.56 Å². The summed E-state index contributed by atoms with van der Waals surface area (Å²) >= 11 is 5.88. The summed E-state index contributed by atoms with van der Waals surface area (Å²) in [6.45, 7) is 3.86. The van der Waals surface area contributed by atoms with Gasteiger partial charge in [-0.25, -0.2) is 9.48 Å². The van der Waals surface area contributed by atoms with Crippen LogP contribution in [0.4, 0.5) is 0 Å². The molecular weight excluding hydrogens is 356 g/mol. The van der Waals surface area contributed by atoms with Gasteiger partial charge in [0.2, 0.25) is 0 Å². The Balaban J connectivity index is 2.20. The van der Waals surface area contributed by atoms with Crippen LogP contribution >= 0.6 is 11.6 Å². The summed E-state index contributed by atoms with van der Waals surface area (Å²) in [7, 11) is 1.55. The quantitative estimate of drug-likeness (QED) is 0.733. The maximum atomic E-state index is 12.8. The molecule has 1 aromatic heterocycles. The number of para-hydroxylation sites is 1. The summed E-state index contributed by atoms with van der Waals surface area (Å²) in [5.41, 5.74) is 0.623. The van der Waals surface area contributed by atoms with Crippen LogP contribution in [0.25, 0.3) is 18.3 Å². The zero-order chi connectivity index (χ0) is 18.8. The summed E-state index contributed by atoms with van der Waals surface area (Å²) in [5, 5.41) is 12.9. The number of H-pyrrole nitrogens is 1. The number of ether oxygens (including phenoxy) is 1. The Labute approximate surface area is 153 Å². The van der Waals surface area contributed by atoms with Crippen LogP contribution in [0.2, 0.25) is 5.02 Å². The Kier molecular flexibility index (Phi) is 4.69. The minimum Gasteiger partial charge on any atom is -0.496 e. The van der Waals surface area contributed by atoms with E-state index in [-0.39, 0.29) is 16.1 Å². The van der Waals surface area contributed by atoms with Gasteiger partial charge in [-0.3, -0.25) is 9.89 Å². The Morgan fingerprint density at radius 2 is 2.04 bits per heavy atom. The number of nitrogens with one attached hydrogen (secondary N) is 1. The molecule has 2 N–H and O–H groups in total. The van der Waals surface area contributed by atoms with Gasteiger partial charge >= 0.3 is 5.97 Å². The zero-order valence-electron chi connectivity index (χ0n) is 13.8. The van der Waals surface area contributed by atoms with E-state index in [0.717, 1.165) is 5.56 Å². The standard InChI is InChI=1S/C19H15ClN2O4/c1-11-14(9-12-5-3-4-6-17(12)26-2)18(23)22(21-11)13-7-8-16(20)15(10-13)19(24)25/h3-10,21H,1H2,2H3,(H,24,25). The Hall–Kier alpha value is -3.25. The van der Waals surface area contributed by atoms with Crippen LogP contribution in [0.15, 0.2) is 47.3 Å². The van der Waals surface area contributed by atoms with Crippen molar-refractivity contribution in [2.45, 2.75) is 0 Å². The first-order valence-corrected chi connectivity index (χ1v) is 7.98. The van der Waals surface area contributed by atoms with E-state index in [1.54, 1.807) is 25.3 Å². The van der Waals surface area contributed by atoms with Crippen molar-refractivity contribution in [3.8, 4) is 11.4 Å². The first kappa shape index (κ1) is 17.6. The number of halogens is 1. The van der Waals surface area contributed by atoms with E-state index in [9.17, 15) is 14.7 Å². The maximum Gasteiger partial charge on any atom is 0.337 e. The molecule has 0 saturated heterocycles. The monoisotopic (exact) mass is 370 g/mol. The number of nitrogens with zero attached hydrogens (tertiary/aromatic N) is 1. The second-order valence-corrected chi connectivity index (χ2v) is 5.91. The SMILES string of the molecule is C=c1[nH]n(-c2ccc(Cl)c(C(=O)O)c2)c(=O)c1=Cc1ccccc1OC. The fourth-order valence-corrected chi connectivity index (χ4v) is 2.78. The lowest BCUT2D eigenvalue weighted by Crippen LogP contribution is -2.34. The highest BCUT2D eigenvalue weighted by atomic mass is 35.5. The van der Waals surface area contributed by atoms with Crippen molar-refractivity contribution in [1.82, 2.24) is 9.78 Å². The number of carboxylic acids is 1. The summed E-state index contributed by atoms with van der Waals surface area (Å²) in [4.78, 5) is 24.1. The molecule has 1 heterocycles. The minimum absolute atomic E-state index is 0.0912. The van der Waals surface area contributed by atoms with E-state index in [4.69, 9.17) is 16.3 Å². The second-order valence-electron chi connectivity index (χ2n) is 5.50. The van der Waals surface area contributed by atoms with Crippen LogP contribution in [0.3, 0.4) is 0 Å². The third kappa shape index (κ3) is 3.14. The van der Waals surface area contributed by atoms with Crippen molar-refractivity contribution in [3.63, 3.8) is 0 Å². The van der Waals surface area contributed by atoms with E-state index in [2.05, 4.69) is 11.7 Å². The molecule has 2 aromatic carbocycles. The van der Waals surface area contributed by atoms with Crippen LogP contribution in [0.5, 0.6) is 5.75 Å². The molecular formula is C19H15ClN2O4. The normalized spacial score (nSPS) is 11.5. The Bertz CT molecular complexity index is 1160. The predicted octanol–water partition coefficient (Wildman–Crippen LogP) is 1.76. The molecule has 0 aliphatic carbocycles. The number of aromatic amines is 1. The van der Waals surface area contributed by atoms with Crippen molar-refractivity contribution in [2.75, 3.05) is 7.11 Å². The topological polar surface area (TPSA) is 84.3 Å². The van der Waals surface area contributed by atoms with Crippen molar-refractivity contribution in [3.05, 3.63) is 79.5 Å². The van der Waals surface area contributed by atoms with Gasteiger partial charge in [0.15, 0.2) is 0 Å². The van der Waals surface area contributed by atoms with Gasteiger partial charge in [0.25, 0.3) is 5.56 Å². The van der Waals surface area contributed by atoms with E-state index in [0.29, 0.717) is 22.0 Å². The molecule has 0 fully saturated rings. The number of benzene rings is 2. The highest BCUT2D eigenvalue weighted by molar-refractivity contribution is 6.33. The van der Waals surface area contributed by atoms with Crippen LogP contribution in [0.1, 0.15) is 15.9 Å². The maximum absolute atomic E-state index is 12.8. The lowest BCUT2D eigenvalue weighted by atomic mass is 10.1. The predicted molar refractivity (Wildman–Crippen MR) is 99.7 cm³/mol. The average Bonchev–Trinajstić information content (AvgIpc) is 2.90. The smallest absolute Gasteiger partial charge is 0.337 e. The van der Waals surface area contributed by atoms with Gasteiger partial charge in [0.1, 0.15) is 5.75 Å². The molecule has 0 atom stereocenters. The number of rotatable bonds is 4.